The van der Waals surface area contributed by atoms with Gasteiger partial charge in [-0.1, -0.05) is 153 Å². The zero-order valence-electron chi connectivity index (χ0n) is 33.2. The van der Waals surface area contributed by atoms with Gasteiger partial charge in [0.05, 0.1) is 17.1 Å². The number of aryl methyl sites for hydroxylation is 1. The molecule has 12 rings (SSSR count). The van der Waals surface area contributed by atoms with E-state index in [2.05, 4.69) is 206 Å². The number of rotatable bonds is 4. The lowest BCUT2D eigenvalue weighted by molar-refractivity contribution is 0.659. The number of nitrogens with zero attached hydrogens (tertiary/aromatic N) is 2. The topological polar surface area (TPSA) is 6.48 Å². The van der Waals surface area contributed by atoms with Gasteiger partial charge in [-0.25, -0.2) is 0 Å². The van der Waals surface area contributed by atoms with Crippen LogP contribution in [0, 0.1) is 0 Å². The van der Waals surface area contributed by atoms with E-state index in [1.165, 1.54) is 116 Å². The minimum atomic E-state index is -0.111. The summed E-state index contributed by atoms with van der Waals surface area (Å²) in [5, 5.41) is 7.57. The first-order chi connectivity index (χ1) is 29.0. The van der Waals surface area contributed by atoms with Gasteiger partial charge in [0.25, 0.3) is 0 Å². The lowest BCUT2D eigenvalue weighted by atomic mass is 9.81. The fraction of sp³-hybridized carbons (Fsp3) is 0.107. The Morgan fingerprint density at radius 2 is 1.08 bits per heavy atom. The predicted molar refractivity (Wildman–Crippen MR) is 252 cm³/mol. The summed E-state index contributed by atoms with van der Waals surface area (Å²) in [6.07, 6.45) is 6.99. The summed E-state index contributed by atoms with van der Waals surface area (Å²) in [6.45, 7) is 5.85. The van der Waals surface area contributed by atoms with Gasteiger partial charge < -0.3 is 9.80 Å². The first-order valence-corrected chi connectivity index (χ1v) is 21.7. The molecule has 0 amide bonds. The average Bonchev–Trinajstić information content (AvgIpc) is 3.51. The standard InChI is InChI=1S/C56H42N2S/c1-56(2)48-32-36(26-29-43(48)44-30-28-39(34-49(44)56)57-31-13-15-37-14-3-8-20-50(37)57)25-27-38-33-46-42-18-6-7-19-45(42)53(35-47(46)41-17-5-4-16-40(38)41)58-51-21-9-11-23-54(51)59-55-24-12-10-22-52(55)58/h3-12,14,16-30,32-35H,13,15,31H2,1-2H3. The van der Waals surface area contributed by atoms with Crippen molar-refractivity contribution in [3.63, 3.8) is 0 Å². The van der Waals surface area contributed by atoms with Crippen LogP contribution in [0.1, 0.15) is 48.1 Å². The summed E-state index contributed by atoms with van der Waals surface area (Å²) >= 11 is 1.85. The van der Waals surface area contributed by atoms with Gasteiger partial charge >= 0.3 is 0 Å². The van der Waals surface area contributed by atoms with E-state index in [4.69, 9.17) is 0 Å². The quantitative estimate of drug-likeness (QED) is 0.130. The maximum Gasteiger partial charge on any atom is 0.0601 e. The van der Waals surface area contributed by atoms with Crippen molar-refractivity contribution >= 4 is 84.7 Å². The van der Waals surface area contributed by atoms with Crippen molar-refractivity contribution < 1.29 is 0 Å². The summed E-state index contributed by atoms with van der Waals surface area (Å²) in [5.41, 5.74) is 15.6. The summed E-state index contributed by atoms with van der Waals surface area (Å²) < 4.78 is 0. The highest BCUT2D eigenvalue weighted by Gasteiger charge is 2.36. The van der Waals surface area contributed by atoms with Gasteiger partial charge in [-0.3, -0.25) is 0 Å². The molecule has 9 aromatic rings. The first-order valence-electron chi connectivity index (χ1n) is 20.9. The third kappa shape index (κ3) is 5.34. The highest BCUT2D eigenvalue weighted by molar-refractivity contribution is 7.99. The van der Waals surface area contributed by atoms with Crippen molar-refractivity contribution in [2.24, 2.45) is 0 Å². The second-order valence-electron chi connectivity index (χ2n) is 16.8. The van der Waals surface area contributed by atoms with Gasteiger partial charge in [0.1, 0.15) is 0 Å². The normalized spacial score (nSPS) is 15.0. The van der Waals surface area contributed by atoms with Crippen LogP contribution in [-0.2, 0) is 11.8 Å². The lowest BCUT2D eigenvalue weighted by Crippen LogP contribution is -2.25. The van der Waals surface area contributed by atoms with E-state index in [9.17, 15) is 0 Å². The molecule has 2 aliphatic heterocycles. The van der Waals surface area contributed by atoms with Crippen molar-refractivity contribution in [1.29, 1.82) is 0 Å². The zero-order chi connectivity index (χ0) is 39.2. The summed E-state index contributed by atoms with van der Waals surface area (Å²) in [4.78, 5) is 7.54. The maximum atomic E-state index is 2.52. The van der Waals surface area contributed by atoms with Crippen molar-refractivity contribution in [3.05, 3.63) is 198 Å². The lowest BCUT2D eigenvalue weighted by Gasteiger charge is -2.34. The highest BCUT2D eigenvalue weighted by atomic mass is 32.2. The highest BCUT2D eigenvalue weighted by Crippen LogP contribution is 2.54. The molecule has 0 N–H and O–H groups in total. The number of hydrogen-bond donors (Lipinski definition) is 0. The molecule has 2 heterocycles. The van der Waals surface area contributed by atoms with Crippen LogP contribution < -0.4 is 9.80 Å². The Labute approximate surface area is 350 Å². The van der Waals surface area contributed by atoms with Gasteiger partial charge in [0.2, 0.25) is 0 Å². The number of fused-ring (bicyclic) bond motifs is 11. The Morgan fingerprint density at radius 1 is 0.492 bits per heavy atom. The molecule has 0 unspecified atom stereocenters. The van der Waals surface area contributed by atoms with E-state index in [0.717, 1.165) is 13.0 Å². The number of anilines is 5. The van der Waals surface area contributed by atoms with Crippen LogP contribution in [-0.4, -0.2) is 6.54 Å². The molecule has 282 valence electrons. The van der Waals surface area contributed by atoms with Crippen molar-refractivity contribution in [1.82, 2.24) is 0 Å². The van der Waals surface area contributed by atoms with Crippen LogP contribution in [0.25, 0.3) is 55.6 Å². The molecule has 3 aliphatic rings. The Bertz CT molecular complexity index is 3180. The second-order valence-corrected chi connectivity index (χ2v) is 17.9. The summed E-state index contributed by atoms with van der Waals surface area (Å²) in [7, 11) is 0. The van der Waals surface area contributed by atoms with E-state index < -0.39 is 0 Å². The van der Waals surface area contributed by atoms with Crippen LogP contribution >= 0.6 is 11.8 Å². The van der Waals surface area contributed by atoms with Crippen molar-refractivity contribution in [3.8, 4) is 11.1 Å². The SMILES string of the molecule is CC1(C)c2cc(C=Cc3cc4c5ccccc5c(N5c6ccccc6Sc6ccccc65)cc4c4ccccc34)ccc2-c2ccc(N3CCCc4ccccc43)cc21. The maximum absolute atomic E-state index is 2.52. The minimum Gasteiger partial charge on any atom is -0.341 e. The number of benzene rings is 9. The first kappa shape index (κ1) is 34.5. The van der Waals surface area contributed by atoms with Crippen LogP contribution in [0.2, 0.25) is 0 Å². The molecule has 0 bridgehead atoms. The van der Waals surface area contributed by atoms with Gasteiger partial charge in [-0.05, 0) is 133 Å². The molecule has 9 aromatic carbocycles. The van der Waals surface area contributed by atoms with E-state index >= 15 is 0 Å². The molecule has 0 saturated carbocycles. The fourth-order valence-corrected chi connectivity index (χ4v) is 11.3. The Kier molecular flexibility index (Phi) is 7.74. The van der Waals surface area contributed by atoms with E-state index in [0.29, 0.717) is 0 Å². The van der Waals surface area contributed by atoms with Crippen molar-refractivity contribution in [2.75, 3.05) is 16.3 Å². The molecule has 0 saturated heterocycles. The van der Waals surface area contributed by atoms with E-state index in [1.54, 1.807) is 0 Å². The number of para-hydroxylation sites is 3. The van der Waals surface area contributed by atoms with Crippen LogP contribution in [0.5, 0.6) is 0 Å². The van der Waals surface area contributed by atoms with Gasteiger partial charge in [-0.15, -0.1) is 0 Å². The second kappa shape index (κ2) is 13.2. The molecule has 3 heteroatoms. The molecule has 0 radical (unpaired) electrons. The third-order valence-electron chi connectivity index (χ3n) is 13.1. The third-order valence-corrected chi connectivity index (χ3v) is 14.3. The van der Waals surface area contributed by atoms with E-state index in [-0.39, 0.29) is 5.41 Å². The van der Waals surface area contributed by atoms with Crippen molar-refractivity contribution in [2.45, 2.75) is 41.9 Å². The van der Waals surface area contributed by atoms with E-state index in [1.807, 2.05) is 11.8 Å². The Hall–Kier alpha value is -6.55. The molecule has 0 spiro atoms. The molecule has 0 atom stereocenters. The Morgan fingerprint density at radius 3 is 1.85 bits per heavy atom. The smallest absolute Gasteiger partial charge is 0.0601 e. The number of hydrogen-bond acceptors (Lipinski definition) is 3. The Balaban J connectivity index is 0.953. The zero-order valence-corrected chi connectivity index (χ0v) is 34.1. The van der Waals surface area contributed by atoms with Gasteiger partial charge in [0, 0.05) is 38.5 Å². The molecular formula is C56H42N2S. The van der Waals surface area contributed by atoms with Gasteiger partial charge in [0.15, 0.2) is 0 Å². The molecule has 1 aliphatic carbocycles. The summed E-state index contributed by atoms with van der Waals surface area (Å²) in [5.74, 6) is 0. The van der Waals surface area contributed by atoms with Crippen LogP contribution in [0.15, 0.2) is 180 Å². The predicted octanol–water partition coefficient (Wildman–Crippen LogP) is 15.6. The monoisotopic (exact) mass is 774 g/mol. The molecule has 59 heavy (non-hydrogen) atoms. The fourth-order valence-electron chi connectivity index (χ4n) is 10.2. The van der Waals surface area contributed by atoms with Crippen LogP contribution in [0.3, 0.4) is 0 Å². The molecular weight excluding hydrogens is 733 g/mol. The molecule has 0 aromatic heterocycles. The van der Waals surface area contributed by atoms with Crippen LogP contribution in [0.4, 0.5) is 28.4 Å². The minimum absolute atomic E-state index is 0.111. The molecule has 2 nitrogen and oxygen atoms in total. The summed E-state index contributed by atoms with van der Waals surface area (Å²) in [6, 6.07) is 63.5. The largest absolute Gasteiger partial charge is 0.341 e. The molecule has 0 fully saturated rings. The van der Waals surface area contributed by atoms with Gasteiger partial charge in [-0.2, -0.15) is 0 Å². The average molecular weight is 775 g/mol.